The van der Waals surface area contributed by atoms with Crippen LogP contribution in [0.3, 0.4) is 0 Å². The third-order valence-corrected chi connectivity index (χ3v) is 1.80. The molecule has 0 aromatic carbocycles. The maximum absolute atomic E-state index is 9.16. The highest BCUT2D eigenvalue weighted by Gasteiger charge is 2.26. The van der Waals surface area contributed by atoms with Gasteiger partial charge in [-0.25, -0.2) is 0 Å². The molecule has 3 atom stereocenters. The van der Waals surface area contributed by atoms with Crippen molar-refractivity contribution < 1.29 is 10.2 Å². The van der Waals surface area contributed by atoms with E-state index in [4.69, 9.17) is 10.2 Å². The molecule has 0 radical (unpaired) electrons. The summed E-state index contributed by atoms with van der Waals surface area (Å²) in [4.78, 5) is 0. The van der Waals surface area contributed by atoms with Crippen LogP contribution in [0.4, 0.5) is 0 Å². The number of β-amino-alcohol motifs (C(OH)–C–C–N with tert-alkyl or cyclic N) is 1. The molecule has 0 saturated carbocycles. The van der Waals surface area contributed by atoms with Gasteiger partial charge in [-0.05, 0) is 5.92 Å². The largest absolute Gasteiger partial charge is 0.390 e. The molecule has 3 nitrogen and oxygen atoms in total. The van der Waals surface area contributed by atoms with E-state index in [1.54, 1.807) is 0 Å². The second-order valence-corrected chi connectivity index (χ2v) is 2.69. The van der Waals surface area contributed by atoms with E-state index < -0.39 is 12.2 Å². The topological polar surface area (TPSA) is 52.5 Å². The summed E-state index contributed by atoms with van der Waals surface area (Å²) in [6, 6.07) is 0. The summed E-state index contributed by atoms with van der Waals surface area (Å²) in [5.41, 5.74) is 0. The van der Waals surface area contributed by atoms with Crippen LogP contribution in [0.5, 0.6) is 0 Å². The maximum Gasteiger partial charge on any atom is 0.0926 e. The van der Waals surface area contributed by atoms with Crippen molar-refractivity contribution in [2.75, 3.05) is 13.1 Å². The van der Waals surface area contributed by atoms with E-state index >= 15 is 0 Å². The maximum atomic E-state index is 9.16. The van der Waals surface area contributed by atoms with E-state index in [0.29, 0.717) is 6.54 Å². The molecule has 1 heterocycles. The Kier molecular flexibility index (Phi) is 2.05. The van der Waals surface area contributed by atoms with Crippen molar-refractivity contribution in [2.24, 2.45) is 5.92 Å². The predicted molar refractivity (Wildman–Crippen MR) is 34.0 cm³/mol. The van der Waals surface area contributed by atoms with Crippen molar-refractivity contribution in [1.29, 1.82) is 0 Å². The second-order valence-electron chi connectivity index (χ2n) is 2.69. The van der Waals surface area contributed by atoms with Crippen LogP contribution in [0, 0.1) is 5.92 Å². The van der Waals surface area contributed by atoms with Crippen molar-refractivity contribution >= 4 is 0 Å². The zero-order valence-electron chi connectivity index (χ0n) is 5.54. The molecule has 0 spiro atoms. The first kappa shape index (κ1) is 6.99. The van der Waals surface area contributed by atoms with Gasteiger partial charge in [0.15, 0.2) is 0 Å². The monoisotopic (exact) mass is 131 g/mol. The van der Waals surface area contributed by atoms with E-state index in [0.717, 1.165) is 6.54 Å². The molecule has 54 valence electrons. The van der Waals surface area contributed by atoms with Gasteiger partial charge in [-0.3, -0.25) is 0 Å². The number of hydrogen-bond donors (Lipinski definition) is 3. The van der Waals surface area contributed by atoms with E-state index in [1.807, 2.05) is 6.92 Å². The molecule has 1 rings (SSSR count). The van der Waals surface area contributed by atoms with E-state index in [1.165, 1.54) is 0 Å². The van der Waals surface area contributed by atoms with Crippen LogP contribution >= 0.6 is 0 Å². The molecular formula is C6H13NO2. The van der Waals surface area contributed by atoms with Crippen LogP contribution < -0.4 is 5.32 Å². The van der Waals surface area contributed by atoms with Crippen molar-refractivity contribution in [3.8, 4) is 0 Å². The zero-order valence-corrected chi connectivity index (χ0v) is 5.54. The van der Waals surface area contributed by atoms with Gasteiger partial charge in [0.25, 0.3) is 0 Å². The van der Waals surface area contributed by atoms with Gasteiger partial charge in [0.05, 0.1) is 12.2 Å². The second kappa shape index (κ2) is 2.64. The van der Waals surface area contributed by atoms with Crippen LogP contribution in [-0.2, 0) is 0 Å². The Morgan fingerprint density at radius 1 is 1.33 bits per heavy atom. The summed E-state index contributed by atoms with van der Waals surface area (Å²) < 4.78 is 0. The lowest BCUT2D eigenvalue weighted by molar-refractivity contribution is -0.0295. The molecule has 1 saturated heterocycles. The quantitative estimate of drug-likeness (QED) is 0.393. The zero-order chi connectivity index (χ0) is 6.85. The van der Waals surface area contributed by atoms with Gasteiger partial charge >= 0.3 is 0 Å². The van der Waals surface area contributed by atoms with Crippen molar-refractivity contribution in [3.05, 3.63) is 0 Å². The molecule has 0 unspecified atom stereocenters. The standard InChI is InChI=1S/C6H13NO2/c1-4-2-7-3-5(8)6(4)9/h4-9H,2-3H2,1H3/t4-,5+,6-/m0/s1. The minimum Gasteiger partial charge on any atom is -0.390 e. The Hall–Kier alpha value is -0.120. The lowest BCUT2D eigenvalue weighted by Gasteiger charge is -2.29. The van der Waals surface area contributed by atoms with Crippen LogP contribution in [0.25, 0.3) is 0 Å². The minimum atomic E-state index is -0.575. The summed E-state index contributed by atoms with van der Waals surface area (Å²) in [5.74, 6) is 0.175. The Bertz CT molecular complexity index is 87.1. The lowest BCUT2D eigenvalue weighted by atomic mass is 9.96. The Balaban J connectivity index is 2.41. The highest BCUT2D eigenvalue weighted by Crippen LogP contribution is 2.09. The van der Waals surface area contributed by atoms with E-state index in [-0.39, 0.29) is 5.92 Å². The molecule has 0 aromatic heterocycles. The Labute approximate surface area is 54.7 Å². The lowest BCUT2D eigenvalue weighted by Crippen LogP contribution is -2.49. The fourth-order valence-corrected chi connectivity index (χ4v) is 1.08. The first-order chi connectivity index (χ1) is 4.22. The fourth-order valence-electron chi connectivity index (χ4n) is 1.08. The molecule has 1 aliphatic heterocycles. The summed E-state index contributed by atoms with van der Waals surface area (Å²) >= 11 is 0. The van der Waals surface area contributed by atoms with Gasteiger partial charge in [0.2, 0.25) is 0 Å². The normalized spacial score (nSPS) is 45.0. The number of piperidine rings is 1. The first-order valence-electron chi connectivity index (χ1n) is 3.28. The third kappa shape index (κ3) is 1.41. The number of aliphatic hydroxyl groups excluding tert-OH is 2. The van der Waals surface area contributed by atoms with Gasteiger partial charge in [-0.1, -0.05) is 6.92 Å². The van der Waals surface area contributed by atoms with Crippen molar-refractivity contribution in [2.45, 2.75) is 19.1 Å². The molecule has 3 N–H and O–H groups in total. The smallest absolute Gasteiger partial charge is 0.0926 e. The van der Waals surface area contributed by atoms with Crippen molar-refractivity contribution in [1.82, 2.24) is 5.32 Å². The number of hydrogen-bond acceptors (Lipinski definition) is 3. The SMILES string of the molecule is C[C@H]1CNC[C@@H](O)[C@H]1O. The van der Waals surface area contributed by atoms with E-state index in [2.05, 4.69) is 5.32 Å². The van der Waals surface area contributed by atoms with Gasteiger partial charge in [0.1, 0.15) is 0 Å². The molecule has 1 aliphatic rings. The molecule has 0 amide bonds. The first-order valence-corrected chi connectivity index (χ1v) is 3.28. The molecule has 9 heavy (non-hydrogen) atoms. The number of aliphatic hydroxyl groups is 2. The highest BCUT2D eigenvalue weighted by atomic mass is 16.3. The van der Waals surface area contributed by atoms with Gasteiger partial charge in [0, 0.05) is 13.1 Å². The molecule has 0 bridgehead atoms. The summed E-state index contributed by atoms with van der Waals surface area (Å²) in [6.45, 7) is 3.24. The summed E-state index contributed by atoms with van der Waals surface area (Å²) in [7, 11) is 0. The molecule has 1 fully saturated rings. The third-order valence-electron chi connectivity index (χ3n) is 1.80. The number of rotatable bonds is 0. The summed E-state index contributed by atoms with van der Waals surface area (Å²) in [5, 5.41) is 21.2. The highest BCUT2D eigenvalue weighted by molar-refractivity contribution is 4.81. The van der Waals surface area contributed by atoms with Crippen LogP contribution in [-0.4, -0.2) is 35.5 Å². The van der Waals surface area contributed by atoms with Crippen molar-refractivity contribution in [3.63, 3.8) is 0 Å². The number of nitrogens with one attached hydrogen (secondary N) is 1. The van der Waals surface area contributed by atoms with Gasteiger partial charge < -0.3 is 15.5 Å². The molecule has 0 aliphatic carbocycles. The predicted octanol–water partition coefficient (Wildman–Crippen LogP) is -1.05. The average molecular weight is 131 g/mol. The Morgan fingerprint density at radius 2 is 2.00 bits per heavy atom. The van der Waals surface area contributed by atoms with Gasteiger partial charge in [-0.15, -0.1) is 0 Å². The average Bonchev–Trinajstić information content (AvgIpc) is 1.83. The Morgan fingerprint density at radius 3 is 2.44 bits per heavy atom. The summed E-state index contributed by atoms with van der Waals surface area (Å²) in [6.07, 6.45) is -1.11. The van der Waals surface area contributed by atoms with Gasteiger partial charge in [-0.2, -0.15) is 0 Å². The molecule has 3 heteroatoms. The van der Waals surface area contributed by atoms with Crippen LogP contribution in [0.15, 0.2) is 0 Å². The van der Waals surface area contributed by atoms with E-state index in [9.17, 15) is 0 Å². The van der Waals surface area contributed by atoms with Crippen LogP contribution in [0.1, 0.15) is 6.92 Å². The molecular weight excluding hydrogens is 118 g/mol. The fraction of sp³-hybridized carbons (Fsp3) is 1.00. The van der Waals surface area contributed by atoms with Crippen LogP contribution in [0.2, 0.25) is 0 Å². The molecule has 0 aromatic rings. The minimum absolute atomic E-state index is 0.175.